The van der Waals surface area contributed by atoms with Crippen LogP contribution in [-0.2, 0) is 6.54 Å². The van der Waals surface area contributed by atoms with Gasteiger partial charge in [-0.25, -0.2) is 0 Å². The highest BCUT2D eigenvalue weighted by molar-refractivity contribution is 5.62. The lowest BCUT2D eigenvalue weighted by atomic mass is 10.1. The van der Waals surface area contributed by atoms with E-state index in [0.717, 1.165) is 17.9 Å². The van der Waals surface area contributed by atoms with Crippen LogP contribution in [0.3, 0.4) is 0 Å². The Bertz CT molecular complexity index is 1230. The quantitative estimate of drug-likeness (QED) is 0.447. The Kier molecular flexibility index (Phi) is 5.05. The summed E-state index contributed by atoms with van der Waals surface area (Å²) in [5, 5.41) is 2.52. The molecule has 3 aromatic rings. The summed E-state index contributed by atoms with van der Waals surface area (Å²) in [7, 11) is 1.69. The molecule has 0 saturated carbocycles. The van der Waals surface area contributed by atoms with Crippen molar-refractivity contribution in [3.63, 3.8) is 0 Å². The Balaban J connectivity index is 1.60. The van der Waals surface area contributed by atoms with Gasteiger partial charge >= 0.3 is 0 Å². The zero-order valence-corrected chi connectivity index (χ0v) is 16.9. The molecular formula is C26H25N2O+. The van der Waals surface area contributed by atoms with Crippen LogP contribution in [0.4, 0.5) is 0 Å². The van der Waals surface area contributed by atoms with Crippen molar-refractivity contribution in [2.24, 2.45) is 0 Å². The Hall–Kier alpha value is -3.59. The monoisotopic (exact) mass is 381 g/mol. The maximum Gasteiger partial charge on any atom is 0.219 e. The Morgan fingerprint density at radius 2 is 1.83 bits per heavy atom. The van der Waals surface area contributed by atoms with E-state index in [9.17, 15) is 0 Å². The molecule has 1 aromatic heterocycles. The lowest BCUT2D eigenvalue weighted by Crippen LogP contribution is -2.46. The highest BCUT2D eigenvalue weighted by Gasteiger charge is 2.16. The Labute approximate surface area is 171 Å². The second-order valence-corrected chi connectivity index (χ2v) is 7.13. The zero-order valence-electron chi connectivity index (χ0n) is 16.9. The average Bonchev–Trinajstić information content (AvgIpc) is 3.10. The number of aromatic nitrogens is 1. The van der Waals surface area contributed by atoms with Crippen LogP contribution >= 0.6 is 0 Å². The van der Waals surface area contributed by atoms with Gasteiger partial charge in [-0.3, -0.25) is 0 Å². The molecule has 0 bridgehead atoms. The molecule has 0 N–H and O–H groups in total. The molecule has 0 aliphatic carbocycles. The number of ether oxygens (including phenoxy) is 1. The molecule has 1 aliphatic heterocycles. The van der Waals surface area contributed by atoms with Gasteiger partial charge in [0, 0.05) is 29.2 Å². The number of benzene rings is 2. The molecule has 3 heteroatoms. The third-order valence-electron chi connectivity index (χ3n) is 5.38. The molecule has 2 aromatic carbocycles. The molecule has 0 radical (unpaired) electrons. The molecule has 4 rings (SSSR count). The van der Waals surface area contributed by atoms with Crippen molar-refractivity contribution in [2.45, 2.75) is 13.5 Å². The number of fused-ring (bicyclic) bond motifs is 1. The van der Waals surface area contributed by atoms with Crippen LogP contribution in [0.2, 0.25) is 0 Å². The maximum atomic E-state index is 5.23. The standard InChI is InChI=1S/C26H25N2O/c1-5-20(6-2)15-22-13-14-28(19(22)3)24-9-12-26-23(16-24)18-27(26)17-21-7-10-25(29-4)11-8-21/h5-16,18H,1-2,17H2,3-4H3/q+1. The second kappa shape index (κ2) is 7.80. The number of rotatable bonds is 7. The average molecular weight is 381 g/mol. The topological polar surface area (TPSA) is 17.2 Å². The van der Waals surface area contributed by atoms with Crippen LogP contribution in [0.25, 0.3) is 18.0 Å². The minimum atomic E-state index is 0.861. The highest BCUT2D eigenvalue weighted by atomic mass is 16.5. The molecule has 0 amide bonds. The summed E-state index contributed by atoms with van der Waals surface area (Å²) in [6.45, 7) is 10.7. The molecule has 1 aliphatic rings. The van der Waals surface area contributed by atoms with E-state index < -0.39 is 0 Å². The summed E-state index contributed by atoms with van der Waals surface area (Å²) in [6.07, 6.45) is 10.1. The van der Waals surface area contributed by atoms with Crippen LogP contribution in [0.1, 0.15) is 16.8 Å². The smallest absolute Gasteiger partial charge is 0.219 e. The van der Waals surface area contributed by atoms with Gasteiger partial charge in [0.2, 0.25) is 5.36 Å². The van der Waals surface area contributed by atoms with Crippen molar-refractivity contribution in [3.05, 3.63) is 113 Å². The lowest BCUT2D eigenvalue weighted by Gasteiger charge is -2.10. The van der Waals surface area contributed by atoms with Gasteiger partial charge in [-0.1, -0.05) is 25.3 Å². The van der Waals surface area contributed by atoms with E-state index in [0.29, 0.717) is 0 Å². The zero-order chi connectivity index (χ0) is 20.4. The van der Waals surface area contributed by atoms with E-state index in [2.05, 4.69) is 84.1 Å². The third-order valence-corrected chi connectivity index (χ3v) is 5.38. The molecule has 0 atom stereocenters. The lowest BCUT2D eigenvalue weighted by molar-refractivity contribution is 0.414. The number of methoxy groups -OCH3 is 1. The molecule has 29 heavy (non-hydrogen) atoms. The van der Waals surface area contributed by atoms with Crippen molar-refractivity contribution < 1.29 is 4.74 Å². The fraction of sp³-hybridized carbons (Fsp3) is 0.115. The SMILES string of the molecule is C=CC(C=C)=Cc1ccn(-c2ccc3c(c2)=C[N+]=3Cc2ccc(OC)cc2)c1C. The molecule has 3 nitrogen and oxygen atoms in total. The molecule has 2 heterocycles. The maximum absolute atomic E-state index is 5.23. The fourth-order valence-corrected chi connectivity index (χ4v) is 3.63. The predicted molar refractivity (Wildman–Crippen MR) is 121 cm³/mol. The number of allylic oxidation sites excluding steroid dienone is 3. The van der Waals surface area contributed by atoms with Gasteiger partial charge < -0.3 is 9.30 Å². The van der Waals surface area contributed by atoms with Gasteiger partial charge in [-0.2, -0.15) is 4.58 Å². The largest absolute Gasteiger partial charge is 0.497 e. The Morgan fingerprint density at radius 1 is 1.07 bits per heavy atom. The fourth-order valence-electron chi connectivity index (χ4n) is 3.63. The van der Waals surface area contributed by atoms with Crippen molar-refractivity contribution in [1.29, 1.82) is 0 Å². The van der Waals surface area contributed by atoms with Crippen LogP contribution < -0.4 is 19.9 Å². The predicted octanol–water partition coefficient (Wildman–Crippen LogP) is 3.99. The number of nitrogens with zero attached hydrogens (tertiary/aromatic N) is 2. The molecule has 0 spiro atoms. The van der Waals surface area contributed by atoms with E-state index >= 15 is 0 Å². The first-order valence-electron chi connectivity index (χ1n) is 9.66. The van der Waals surface area contributed by atoms with Gasteiger partial charge in [-0.05, 0) is 66.6 Å². The first-order valence-corrected chi connectivity index (χ1v) is 9.66. The minimum absolute atomic E-state index is 0.861. The summed E-state index contributed by atoms with van der Waals surface area (Å²) in [6, 6.07) is 17.0. The van der Waals surface area contributed by atoms with Crippen molar-refractivity contribution in [1.82, 2.24) is 9.14 Å². The second-order valence-electron chi connectivity index (χ2n) is 7.13. The summed E-state index contributed by atoms with van der Waals surface area (Å²) < 4.78 is 9.73. The molecular weight excluding hydrogens is 356 g/mol. The van der Waals surface area contributed by atoms with Crippen LogP contribution in [0, 0.1) is 6.92 Å². The highest BCUT2D eigenvalue weighted by Crippen LogP contribution is 2.19. The normalized spacial score (nSPS) is 11.7. The first-order chi connectivity index (χ1) is 14.1. The van der Waals surface area contributed by atoms with Crippen molar-refractivity contribution in [2.75, 3.05) is 7.11 Å². The number of hydrogen-bond donors (Lipinski definition) is 0. The summed E-state index contributed by atoms with van der Waals surface area (Å²) >= 11 is 0. The summed E-state index contributed by atoms with van der Waals surface area (Å²) in [5.74, 6) is 0.885. The molecule has 0 saturated heterocycles. The van der Waals surface area contributed by atoms with Crippen molar-refractivity contribution >= 4 is 12.3 Å². The van der Waals surface area contributed by atoms with Crippen LogP contribution in [0.15, 0.2) is 85.6 Å². The van der Waals surface area contributed by atoms with Gasteiger partial charge in [0.15, 0.2) is 12.7 Å². The van der Waals surface area contributed by atoms with E-state index in [-0.39, 0.29) is 0 Å². The first kappa shape index (κ1) is 18.8. The Morgan fingerprint density at radius 3 is 2.48 bits per heavy atom. The third kappa shape index (κ3) is 3.59. The van der Waals surface area contributed by atoms with Gasteiger partial charge in [0.1, 0.15) is 11.0 Å². The van der Waals surface area contributed by atoms with Crippen LogP contribution in [-0.4, -0.2) is 11.7 Å². The van der Waals surface area contributed by atoms with E-state index in [1.165, 1.54) is 33.1 Å². The summed E-state index contributed by atoms with van der Waals surface area (Å²) in [5.41, 5.74) is 5.81. The van der Waals surface area contributed by atoms with Gasteiger partial charge in [0.25, 0.3) is 0 Å². The molecule has 0 unspecified atom stereocenters. The van der Waals surface area contributed by atoms with E-state index in [4.69, 9.17) is 4.74 Å². The van der Waals surface area contributed by atoms with E-state index in [1.54, 1.807) is 7.11 Å². The van der Waals surface area contributed by atoms with Crippen molar-refractivity contribution in [3.8, 4) is 11.4 Å². The molecule has 0 fully saturated rings. The number of hydrogen-bond acceptors (Lipinski definition) is 1. The van der Waals surface area contributed by atoms with E-state index in [1.807, 2.05) is 24.3 Å². The minimum Gasteiger partial charge on any atom is -0.497 e. The van der Waals surface area contributed by atoms with Gasteiger partial charge in [0.05, 0.1) is 7.11 Å². The molecule has 144 valence electrons. The van der Waals surface area contributed by atoms with Gasteiger partial charge in [-0.15, -0.1) is 0 Å². The van der Waals surface area contributed by atoms with Crippen LogP contribution in [0.5, 0.6) is 5.75 Å². The summed E-state index contributed by atoms with van der Waals surface area (Å²) in [4.78, 5) is 0.